The van der Waals surface area contributed by atoms with E-state index in [1.54, 1.807) is 4.90 Å². The van der Waals surface area contributed by atoms with Gasteiger partial charge >= 0.3 is 0 Å². The monoisotopic (exact) mass is 321 g/mol. The molecule has 7 heteroatoms. The third kappa shape index (κ3) is 3.56. The first-order valence-corrected chi connectivity index (χ1v) is 7.42. The first kappa shape index (κ1) is 15.6. The maximum absolute atomic E-state index is 13.7. The lowest BCUT2D eigenvalue weighted by molar-refractivity contribution is 0.0621. The summed E-state index contributed by atoms with van der Waals surface area (Å²) >= 11 is 0. The number of hydrogen-bond donors (Lipinski definition) is 0. The average Bonchev–Trinajstić information content (AvgIpc) is 2.92. The predicted molar refractivity (Wildman–Crippen MR) is 78.8 cm³/mol. The second-order valence-corrected chi connectivity index (χ2v) is 5.62. The van der Waals surface area contributed by atoms with Crippen LogP contribution in [0, 0.1) is 18.6 Å². The fourth-order valence-electron chi connectivity index (χ4n) is 2.66. The molecule has 1 fully saturated rings. The van der Waals surface area contributed by atoms with Crippen LogP contribution in [0.15, 0.2) is 28.8 Å². The summed E-state index contributed by atoms with van der Waals surface area (Å²) in [4.78, 5) is 16.1. The molecule has 0 spiro atoms. The minimum absolute atomic E-state index is 0.0908. The fourth-order valence-corrected chi connectivity index (χ4v) is 2.66. The maximum atomic E-state index is 13.7. The van der Waals surface area contributed by atoms with Crippen LogP contribution >= 0.6 is 0 Å². The summed E-state index contributed by atoms with van der Waals surface area (Å²) in [5, 5.41) is 3.95. The van der Waals surface area contributed by atoms with E-state index in [0.29, 0.717) is 32.7 Å². The van der Waals surface area contributed by atoms with Crippen molar-refractivity contribution in [2.75, 3.05) is 26.2 Å². The van der Waals surface area contributed by atoms with Crippen molar-refractivity contribution in [2.45, 2.75) is 13.5 Å². The van der Waals surface area contributed by atoms with Gasteiger partial charge in [0.25, 0.3) is 5.91 Å². The van der Waals surface area contributed by atoms with Crippen molar-refractivity contribution in [1.29, 1.82) is 0 Å². The molecule has 0 unspecified atom stereocenters. The molecule has 1 aromatic heterocycles. The minimum atomic E-state index is -0.824. The van der Waals surface area contributed by atoms with Gasteiger partial charge in [-0.15, -0.1) is 0 Å². The zero-order valence-corrected chi connectivity index (χ0v) is 12.8. The second kappa shape index (κ2) is 6.45. The molecule has 2 aromatic rings. The summed E-state index contributed by atoms with van der Waals surface area (Å²) < 4.78 is 31.7. The molecule has 3 rings (SSSR count). The van der Waals surface area contributed by atoms with E-state index in [1.165, 1.54) is 6.07 Å². The van der Waals surface area contributed by atoms with Gasteiger partial charge in [-0.25, -0.2) is 8.78 Å². The SMILES string of the molecule is Cc1cc(CN2CCN(C(=O)c3ccc(F)cc3F)CC2)no1. The molecule has 1 aliphatic rings. The van der Waals surface area contributed by atoms with Crippen LogP contribution in [0.2, 0.25) is 0 Å². The topological polar surface area (TPSA) is 49.6 Å². The number of carbonyl (C=O) groups excluding carboxylic acids is 1. The molecule has 0 atom stereocenters. The molecule has 1 saturated heterocycles. The number of amides is 1. The number of benzene rings is 1. The Morgan fingerprint density at radius 3 is 2.57 bits per heavy atom. The van der Waals surface area contributed by atoms with Crippen molar-refractivity contribution >= 4 is 5.91 Å². The standard InChI is InChI=1S/C16H17F2N3O2/c1-11-8-13(19-23-11)10-20-4-6-21(7-5-20)16(22)14-3-2-12(17)9-15(14)18/h2-3,8-9H,4-7,10H2,1H3. The summed E-state index contributed by atoms with van der Waals surface area (Å²) in [7, 11) is 0. The molecule has 0 radical (unpaired) electrons. The summed E-state index contributed by atoms with van der Waals surface area (Å²) in [5.41, 5.74) is 0.763. The highest BCUT2D eigenvalue weighted by Gasteiger charge is 2.24. The number of aryl methyl sites for hydroxylation is 1. The van der Waals surface area contributed by atoms with E-state index in [1.807, 2.05) is 13.0 Å². The van der Waals surface area contributed by atoms with E-state index >= 15 is 0 Å². The molecule has 0 bridgehead atoms. The van der Waals surface area contributed by atoms with Gasteiger partial charge in [0, 0.05) is 44.9 Å². The van der Waals surface area contributed by atoms with Crippen LogP contribution in [0.25, 0.3) is 0 Å². The van der Waals surface area contributed by atoms with Crippen LogP contribution in [0.5, 0.6) is 0 Å². The van der Waals surface area contributed by atoms with Crippen molar-refractivity contribution in [3.05, 3.63) is 52.9 Å². The molecule has 0 saturated carbocycles. The smallest absolute Gasteiger partial charge is 0.256 e. The highest BCUT2D eigenvalue weighted by molar-refractivity contribution is 5.94. The molecule has 1 aromatic carbocycles. The highest BCUT2D eigenvalue weighted by atomic mass is 19.1. The van der Waals surface area contributed by atoms with Crippen molar-refractivity contribution in [2.24, 2.45) is 0 Å². The summed E-state index contributed by atoms with van der Waals surface area (Å²) in [6, 6.07) is 4.90. The molecular weight excluding hydrogens is 304 g/mol. The van der Waals surface area contributed by atoms with Crippen LogP contribution in [-0.4, -0.2) is 47.0 Å². The molecule has 5 nitrogen and oxygen atoms in total. The lowest BCUT2D eigenvalue weighted by atomic mass is 10.1. The van der Waals surface area contributed by atoms with Gasteiger partial charge in [0.05, 0.1) is 11.3 Å². The van der Waals surface area contributed by atoms with E-state index in [-0.39, 0.29) is 5.56 Å². The van der Waals surface area contributed by atoms with E-state index in [9.17, 15) is 13.6 Å². The number of nitrogens with zero attached hydrogens (tertiary/aromatic N) is 3. The number of piperazine rings is 1. The van der Waals surface area contributed by atoms with Gasteiger partial charge in [0.2, 0.25) is 0 Å². The molecule has 23 heavy (non-hydrogen) atoms. The molecule has 1 amide bonds. The third-order valence-electron chi connectivity index (χ3n) is 3.88. The van der Waals surface area contributed by atoms with Gasteiger partial charge in [0.15, 0.2) is 0 Å². The third-order valence-corrected chi connectivity index (χ3v) is 3.88. The number of rotatable bonds is 3. The first-order chi connectivity index (χ1) is 11.0. The second-order valence-electron chi connectivity index (χ2n) is 5.62. The predicted octanol–water partition coefficient (Wildman–Crippen LogP) is 2.22. The summed E-state index contributed by atoms with van der Waals surface area (Å²) in [6.45, 7) is 4.81. The Hall–Kier alpha value is -2.28. The van der Waals surface area contributed by atoms with Crippen molar-refractivity contribution < 1.29 is 18.1 Å². The maximum Gasteiger partial charge on any atom is 0.256 e. The largest absolute Gasteiger partial charge is 0.361 e. The number of aromatic nitrogens is 1. The van der Waals surface area contributed by atoms with Gasteiger partial charge in [-0.3, -0.25) is 9.69 Å². The lowest BCUT2D eigenvalue weighted by Crippen LogP contribution is -2.48. The Morgan fingerprint density at radius 2 is 1.96 bits per heavy atom. The van der Waals surface area contributed by atoms with Crippen LogP contribution in [0.4, 0.5) is 8.78 Å². The average molecular weight is 321 g/mol. The molecule has 122 valence electrons. The van der Waals surface area contributed by atoms with Crippen LogP contribution in [-0.2, 0) is 6.54 Å². The van der Waals surface area contributed by atoms with Crippen molar-refractivity contribution in [3.8, 4) is 0 Å². The normalized spacial score (nSPS) is 15.9. The minimum Gasteiger partial charge on any atom is -0.361 e. The van der Waals surface area contributed by atoms with Crippen molar-refractivity contribution in [3.63, 3.8) is 0 Å². The molecule has 0 aliphatic carbocycles. The Balaban J connectivity index is 1.59. The summed E-state index contributed by atoms with van der Waals surface area (Å²) in [5.74, 6) is -1.15. The van der Waals surface area contributed by atoms with Crippen LogP contribution in [0.1, 0.15) is 21.8 Å². The molecule has 1 aliphatic heterocycles. The van der Waals surface area contributed by atoms with Crippen molar-refractivity contribution in [1.82, 2.24) is 15.0 Å². The Labute approximate surface area is 132 Å². The molecule has 2 heterocycles. The van der Waals surface area contributed by atoms with E-state index in [2.05, 4.69) is 10.1 Å². The first-order valence-electron chi connectivity index (χ1n) is 7.42. The van der Waals surface area contributed by atoms with Gasteiger partial charge in [-0.1, -0.05) is 5.16 Å². The van der Waals surface area contributed by atoms with Crippen LogP contribution in [0.3, 0.4) is 0 Å². The van der Waals surface area contributed by atoms with Gasteiger partial charge < -0.3 is 9.42 Å². The number of carbonyl (C=O) groups is 1. The van der Waals surface area contributed by atoms with Gasteiger partial charge in [0.1, 0.15) is 17.4 Å². The van der Waals surface area contributed by atoms with E-state index < -0.39 is 17.5 Å². The fraction of sp³-hybridized carbons (Fsp3) is 0.375. The van der Waals surface area contributed by atoms with Crippen LogP contribution < -0.4 is 0 Å². The molecular formula is C16H17F2N3O2. The van der Waals surface area contributed by atoms with Gasteiger partial charge in [-0.2, -0.15) is 0 Å². The van der Waals surface area contributed by atoms with E-state index in [0.717, 1.165) is 23.6 Å². The highest BCUT2D eigenvalue weighted by Crippen LogP contribution is 2.15. The Kier molecular flexibility index (Phi) is 4.38. The Morgan fingerprint density at radius 1 is 1.22 bits per heavy atom. The van der Waals surface area contributed by atoms with E-state index in [4.69, 9.17) is 4.52 Å². The zero-order chi connectivity index (χ0) is 16.4. The van der Waals surface area contributed by atoms with Gasteiger partial charge in [-0.05, 0) is 19.1 Å². The lowest BCUT2D eigenvalue weighted by Gasteiger charge is -2.34. The zero-order valence-electron chi connectivity index (χ0n) is 12.8. The Bertz CT molecular complexity index is 709. The number of halogens is 2. The quantitative estimate of drug-likeness (QED) is 0.870. The number of hydrogen-bond acceptors (Lipinski definition) is 4. The molecule has 0 N–H and O–H groups in total. The summed E-state index contributed by atoms with van der Waals surface area (Å²) in [6.07, 6.45) is 0.